The van der Waals surface area contributed by atoms with Crippen molar-refractivity contribution < 1.29 is 9.53 Å². The molecule has 0 aliphatic rings. The highest BCUT2D eigenvalue weighted by molar-refractivity contribution is 5.97. The maximum absolute atomic E-state index is 12.1. The number of aromatic nitrogens is 4. The van der Waals surface area contributed by atoms with Crippen molar-refractivity contribution in [2.45, 2.75) is 6.54 Å². The van der Waals surface area contributed by atoms with Gasteiger partial charge in [0.05, 0.1) is 7.11 Å². The second kappa shape index (κ2) is 5.58. The molecule has 2 aromatic heterocycles. The highest BCUT2D eigenvalue weighted by atomic mass is 16.5. The summed E-state index contributed by atoms with van der Waals surface area (Å²) in [5.74, 6) is 0.349. The molecule has 3 rings (SSSR count). The van der Waals surface area contributed by atoms with Crippen LogP contribution in [-0.4, -0.2) is 33.4 Å². The molecule has 0 fully saturated rings. The zero-order chi connectivity index (χ0) is 14.7. The van der Waals surface area contributed by atoms with Gasteiger partial charge in [0.2, 0.25) is 5.88 Å². The Balaban J connectivity index is 1.70. The molecule has 3 aromatic rings. The minimum Gasteiger partial charge on any atom is -0.481 e. The fourth-order valence-corrected chi connectivity index (χ4v) is 1.94. The van der Waals surface area contributed by atoms with Crippen LogP contribution in [0, 0.1) is 0 Å². The van der Waals surface area contributed by atoms with Crippen LogP contribution in [0.5, 0.6) is 5.88 Å². The average molecular weight is 283 g/mol. The molecule has 2 heterocycles. The number of H-pyrrole nitrogens is 1. The van der Waals surface area contributed by atoms with Gasteiger partial charge < -0.3 is 10.1 Å². The average Bonchev–Trinajstić information content (AvgIpc) is 3.00. The lowest BCUT2D eigenvalue weighted by atomic mass is 10.2. The SMILES string of the molecule is COc1cc(CNC(=O)c2ccc3n[nH]nc3c2)ccn1. The van der Waals surface area contributed by atoms with E-state index in [9.17, 15) is 4.79 Å². The number of hydrogen-bond donors (Lipinski definition) is 2. The standard InChI is InChI=1S/C14H13N5O2/c1-21-13-6-9(4-5-15-13)8-16-14(20)10-2-3-11-12(7-10)18-19-17-11/h2-7H,8H2,1H3,(H,16,20)(H,17,18,19). The van der Waals surface area contributed by atoms with Gasteiger partial charge in [0.25, 0.3) is 5.91 Å². The molecule has 106 valence electrons. The van der Waals surface area contributed by atoms with Gasteiger partial charge in [-0.15, -0.1) is 0 Å². The molecule has 7 heteroatoms. The van der Waals surface area contributed by atoms with Gasteiger partial charge in [0, 0.05) is 24.4 Å². The van der Waals surface area contributed by atoms with E-state index < -0.39 is 0 Å². The van der Waals surface area contributed by atoms with E-state index in [1.54, 1.807) is 37.6 Å². The van der Waals surface area contributed by atoms with Crippen molar-refractivity contribution >= 4 is 16.9 Å². The first-order chi connectivity index (χ1) is 10.3. The van der Waals surface area contributed by atoms with Crippen LogP contribution >= 0.6 is 0 Å². The van der Waals surface area contributed by atoms with E-state index in [1.165, 1.54) is 0 Å². The van der Waals surface area contributed by atoms with Crippen LogP contribution in [0.1, 0.15) is 15.9 Å². The van der Waals surface area contributed by atoms with Crippen LogP contribution < -0.4 is 10.1 Å². The van der Waals surface area contributed by atoms with Crippen LogP contribution in [0.2, 0.25) is 0 Å². The van der Waals surface area contributed by atoms with E-state index in [2.05, 4.69) is 25.7 Å². The minimum absolute atomic E-state index is 0.171. The zero-order valence-electron chi connectivity index (χ0n) is 11.3. The van der Waals surface area contributed by atoms with Crippen molar-refractivity contribution in [1.29, 1.82) is 0 Å². The van der Waals surface area contributed by atoms with Crippen molar-refractivity contribution in [2.24, 2.45) is 0 Å². The van der Waals surface area contributed by atoms with Crippen molar-refractivity contribution in [2.75, 3.05) is 7.11 Å². The first-order valence-electron chi connectivity index (χ1n) is 6.34. The normalized spacial score (nSPS) is 10.5. The van der Waals surface area contributed by atoms with Crippen molar-refractivity contribution in [1.82, 2.24) is 25.7 Å². The monoisotopic (exact) mass is 283 g/mol. The third-order valence-electron chi connectivity index (χ3n) is 3.04. The van der Waals surface area contributed by atoms with Crippen molar-refractivity contribution in [3.63, 3.8) is 0 Å². The molecule has 0 spiro atoms. The fraction of sp³-hybridized carbons (Fsp3) is 0.143. The summed E-state index contributed by atoms with van der Waals surface area (Å²) in [4.78, 5) is 16.1. The van der Waals surface area contributed by atoms with Gasteiger partial charge in [-0.25, -0.2) is 4.98 Å². The van der Waals surface area contributed by atoms with E-state index >= 15 is 0 Å². The molecule has 0 radical (unpaired) electrons. The Morgan fingerprint density at radius 1 is 1.24 bits per heavy atom. The Kier molecular flexibility index (Phi) is 3.46. The number of fused-ring (bicyclic) bond motifs is 1. The molecule has 21 heavy (non-hydrogen) atoms. The third kappa shape index (κ3) is 2.81. The number of nitrogens with zero attached hydrogens (tertiary/aromatic N) is 3. The lowest BCUT2D eigenvalue weighted by molar-refractivity contribution is 0.0951. The topological polar surface area (TPSA) is 92.8 Å². The summed E-state index contributed by atoms with van der Waals surface area (Å²) in [6, 6.07) is 8.77. The number of nitrogens with one attached hydrogen (secondary N) is 2. The van der Waals surface area contributed by atoms with Gasteiger partial charge in [-0.2, -0.15) is 15.4 Å². The molecule has 0 bridgehead atoms. The second-order valence-electron chi connectivity index (χ2n) is 4.42. The minimum atomic E-state index is -0.171. The van der Waals surface area contributed by atoms with Crippen LogP contribution in [0.25, 0.3) is 11.0 Å². The van der Waals surface area contributed by atoms with E-state index in [0.717, 1.165) is 11.1 Å². The molecule has 0 atom stereocenters. The molecule has 7 nitrogen and oxygen atoms in total. The molecular weight excluding hydrogens is 270 g/mol. The highest BCUT2D eigenvalue weighted by Gasteiger charge is 2.08. The summed E-state index contributed by atoms with van der Waals surface area (Å²) >= 11 is 0. The number of rotatable bonds is 4. The molecular formula is C14H13N5O2. The summed E-state index contributed by atoms with van der Waals surface area (Å²) in [5, 5.41) is 13.3. The molecule has 1 aromatic carbocycles. The van der Waals surface area contributed by atoms with Crippen molar-refractivity contribution in [3.05, 3.63) is 47.7 Å². The van der Waals surface area contributed by atoms with Gasteiger partial charge >= 0.3 is 0 Å². The lowest BCUT2D eigenvalue weighted by Gasteiger charge is -2.06. The van der Waals surface area contributed by atoms with Crippen LogP contribution in [0.4, 0.5) is 0 Å². The summed E-state index contributed by atoms with van der Waals surface area (Å²) in [6.07, 6.45) is 1.64. The molecule has 0 aliphatic carbocycles. The van der Waals surface area contributed by atoms with Gasteiger partial charge in [-0.05, 0) is 29.8 Å². The Hall–Kier alpha value is -2.96. The smallest absolute Gasteiger partial charge is 0.251 e. The quantitative estimate of drug-likeness (QED) is 0.752. The van der Waals surface area contributed by atoms with Crippen LogP contribution in [0.15, 0.2) is 36.5 Å². The Bertz CT molecular complexity index is 784. The van der Waals surface area contributed by atoms with E-state index in [1.807, 2.05) is 6.07 Å². The summed E-state index contributed by atoms with van der Waals surface area (Å²) in [7, 11) is 1.55. The van der Waals surface area contributed by atoms with Gasteiger partial charge in [-0.3, -0.25) is 4.79 Å². The third-order valence-corrected chi connectivity index (χ3v) is 3.04. The molecule has 0 saturated carbocycles. The maximum Gasteiger partial charge on any atom is 0.251 e. The fourth-order valence-electron chi connectivity index (χ4n) is 1.94. The van der Waals surface area contributed by atoms with E-state index in [0.29, 0.717) is 23.5 Å². The Morgan fingerprint density at radius 3 is 2.95 bits per heavy atom. The van der Waals surface area contributed by atoms with E-state index in [-0.39, 0.29) is 5.91 Å². The summed E-state index contributed by atoms with van der Waals surface area (Å²) < 4.78 is 5.04. The molecule has 0 aliphatic heterocycles. The number of pyridine rings is 1. The van der Waals surface area contributed by atoms with E-state index in [4.69, 9.17) is 4.74 Å². The Morgan fingerprint density at radius 2 is 2.10 bits per heavy atom. The number of carbonyl (C=O) groups excluding carboxylic acids is 1. The maximum atomic E-state index is 12.1. The predicted molar refractivity (Wildman–Crippen MR) is 75.8 cm³/mol. The first kappa shape index (κ1) is 13.0. The molecule has 2 N–H and O–H groups in total. The Labute approximate surface area is 120 Å². The number of hydrogen-bond acceptors (Lipinski definition) is 5. The number of methoxy groups -OCH3 is 1. The number of benzene rings is 1. The van der Waals surface area contributed by atoms with Gasteiger partial charge in [0.15, 0.2) is 0 Å². The molecule has 1 amide bonds. The number of amides is 1. The number of ether oxygens (including phenoxy) is 1. The molecule has 0 saturated heterocycles. The molecule has 0 unspecified atom stereocenters. The predicted octanol–water partition coefficient (Wildman–Crippen LogP) is 1.29. The summed E-state index contributed by atoms with van der Waals surface area (Å²) in [6.45, 7) is 0.397. The summed E-state index contributed by atoms with van der Waals surface area (Å²) in [5.41, 5.74) is 2.84. The van der Waals surface area contributed by atoms with Gasteiger partial charge in [0.1, 0.15) is 11.0 Å². The number of carbonyl (C=O) groups is 1. The van der Waals surface area contributed by atoms with Crippen molar-refractivity contribution in [3.8, 4) is 5.88 Å². The lowest BCUT2D eigenvalue weighted by Crippen LogP contribution is -2.22. The zero-order valence-corrected chi connectivity index (χ0v) is 11.3. The number of aromatic amines is 1. The second-order valence-corrected chi connectivity index (χ2v) is 4.42. The van der Waals surface area contributed by atoms with Crippen LogP contribution in [0.3, 0.4) is 0 Å². The first-order valence-corrected chi connectivity index (χ1v) is 6.34. The van der Waals surface area contributed by atoms with Gasteiger partial charge in [-0.1, -0.05) is 0 Å². The highest BCUT2D eigenvalue weighted by Crippen LogP contribution is 2.11. The van der Waals surface area contributed by atoms with Crippen LogP contribution in [-0.2, 0) is 6.54 Å². The largest absolute Gasteiger partial charge is 0.481 e.